The average Bonchev–Trinajstić information content (AvgIpc) is 2.01. The summed E-state index contributed by atoms with van der Waals surface area (Å²) in [5.41, 5.74) is -2.25. The first-order valence-electron chi connectivity index (χ1n) is 3.46. The van der Waals surface area contributed by atoms with Gasteiger partial charge in [-0.3, -0.25) is 10.1 Å². The zero-order valence-corrected chi connectivity index (χ0v) is 6.86. The maximum Gasteiger partial charge on any atom is 0.351 e. The molecule has 0 radical (unpaired) electrons. The SMILES string of the molecule is C=CCC(O)(NCC(=O)O)C(=O)O. The molecule has 0 rings (SSSR count). The van der Waals surface area contributed by atoms with E-state index < -0.39 is 24.2 Å². The van der Waals surface area contributed by atoms with Gasteiger partial charge in [0.1, 0.15) is 0 Å². The summed E-state index contributed by atoms with van der Waals surface area (Å²) in [5.74, 6) is -2.78. The molecular weight excluding hydrogens is 178 g/mol. The number of aliphatic hydroxyl groups is 1. The number of carbonyl (C=O) groups is 2. The molecule has 0 aliphatic carbocycles. The molecule has 74 valence electrons. The van der Waals surface area contributed by atoms with Crippen molar-refractivity contribution in [3.8, 4) is 0 Å². The Morgan fingerprint density at radius 2 is 2.00 bits per heavy atom. The van der Waals surface area contributed by atoms with Crippen LogP contribution in [0.25, 0.3) is 0 Å². The van der Waals surface area contributed by atoms with Gasteiger partial charge in [0.25, 0.3) is 0 Å². The van der Waals surface area contributed by atoms with Crippen molar-refractivity contribution in [3.05, 3.63) is 12.7 Å². The minimum Gasteiger partial charge on any atom is -0.480 e. The fourth-order valence-electron chi connectivity index (χ4n) is 0.666. The van der Waals surface area contributed by atoms with Gasteiger partial charge in [0, 0.05) is 6.42 Å². The lowest BCUT2D eigenvalue weighted by atomic mass is 10.1. The second kappa shape index (κ2) is 4.58. The van der Waals surface area contributed by atoms with E-state index in [1.807, 2.05) is 5.32 Å². The van der Waals surface area contributed by atoms with E-state index in [4.69, 9.17) is 10.2 Å². The van der Waals surface area contributed by atoms with Crippen LogP contribution in [-0.4, -0.2) is 39.5 Å². The van der Waals surface area contributed by atoms with Crippen LogP contribution in [0.15, 0.2) is 12.7 Å². The fourth-order valence-corrected chi connectivity index (χ4v) is 0.666. The summed E-state index contributed by atoms with van der Waals surface area (Å²) in [6.07, 6.45) is 0.915. The largest absolute Gasteiger partial charge is 0.480 e. The van der Waals surface area contributed by atoms with Crippen LogP contribution in [0, 0.1) is 0 Å². The van der Waals surface area contributed by atoms with E-state index in [0.717, 1.165) is 0 Å². The van der Waals surface area contributed by atoms with E-state index >= 15 is 0 Å². The van der Waals surface area contributed by atoms with E-state index in [1.165, 1.54) is 6.08 Å². The minimum atomic E-state index is -2.25. The molecule has 0 bridgehead atoms. The number of rotatable bonds is 6. The molecule has 13 heavy (non-hydrogen) atoms. The van der Waals surface area contributed by atoms with Gasteiger partial charge in [-0.2, -0.15) is 0 Å². The molecule has 0 aromatic rings. The van der Waals surface area contributed by atoms with Gasteiger partial charge in [0.15, 0.2) is 0 Å². The Hall–Kier alpha value is -1.40. The highest BCUT2D eigenvalue weighted by Gasteiger charge is 2.34. The van der Waals surface area contributed by atoms with E-state index in [9.17, 15) is 14.7 Å². The smallest absolute Gasteiger partial charge is 0.351 e. The van der Waals surface area contributed by atoms with Crippen molar-refractivity contribution < 1.29 is 24.9 Å². The lowest BCUT2D eigenvalue weighted by Gasteiger charge is -2.21. The molecular formula is C7H11NO5. The molecule has 6 nitrogen and oxygen atoms in total. The third-order valence-electron chi connectivity index (χ3n) is 1.33. The van der Waals surface area contributed by atoms with Crippen LogP contribution in [0.2, 0.25) is 0 Å². The molecule has 0 aliphatic heterocycles. The topological polar surface area (TPSA) is 107 Å². The van der Waals surface area contributed by atoms with Crippen LogP contribution in [-0.2, 0) is 9.59 Å². The van der Waals surface area contributed by atoms with Gasteiger partial charge >= 0.3 is 11.9 Å². The van der Waals surface area contributed by atoms with Crippen molar-refractivity contribution in [2.24, 2.45) is 0 Å². The molecule has 0 aromatic heterocycles. The highest BCUT2D eigenvalue weighted by molar-refractivity contribution is 5.78. The van der Waals surface area contributed by atoms with E-state index in [-0.39, 0.29) is 6.42 Å². The summed E-state index contributed by atoms with van der Waals surface area (Å²) in [5, 5.41) is 28.0. The van der Waals surface area contributed by atoms with Gasteiger partial charge in [0.2, 0.25) is 5.72 Å². The quantitative estimate of drug-likeness (QED) is 0.315. The zero-order chi connectivity index (χ0) is 10.5. The lowest BCUT2D eigenvalue weighted by molar-refractivity contribution is -0.162. The Labute approximate surface area is 74.5 Å². The number of carboxylic acids is 2. The predicted octanol–water partition coefficient (Wildman–Crippen LogP) is -0.990. The summed E-state index contributed by atoms with van der Waals surface area (Å²) in [6.45, 7) is 2.62. The maximum atomic E-state index is 10.5. The monoisotopic (exact) mass is 189 g/mol. The highest BCUT2D eigenvalue weighted by atomic mass is 16.4. The lowest BCUT2D eigenvalue weighted by Crippen LogP contribution is -2.53. The molecule has 6 heteroatoms. The Bertz CT molecular complexity index is 227. The van der Waals surface area contributed by atoms with Crippen molar-refractivity contribution in [1.29, 1.82) is 0 Å². The van der Waals surface area contributed by atoms with Crippen molar-refractivity contribution in [2.45, 2.75) is 12.1 Å². The van der Waals surface area contributed by atoms with Crippen LogP contribution in [0.3, 0.4) is 0 Å². The van der Waals surface area contributed by atoms with Crippen molar-refractivity contribution in [3.63, 3.8) is 0 Å². The zero-order valence-electron chi connectivity index (χ0n) is 6.86. The molecule has 1 unspecified atom stereocenters. The van der Waals surface area contributed by atoms with Crippen LogP contribution in [0.4, 0.5) is 0 Å². The third kappa shape index (κ3) is 3.68. The number of nitrogens with one attached hydrogen (secondary N) is 1. The first-order chi connectivity index (χ1) is 5.92. The van der Waals surface area contributed by atoms with E-state index in [0.29, 0.717) is 0 Å². The highest BCUT2D eigenvalue weighted by Crippen LogP contribution is 2.06. The van der Waals surface area contributed by atoms with Crippen molar-refractivity contribution in [2.75, 3.05) is 6.54 Å². The Morgan fingerprint density at radius 3 is 2.31 bits per heavy atom. The molecule has 0 saturated carbocycles. The average molecular weight is 189 g/mol. The van der Waals surface area contributed by atoms with E-state index in [2.05, 4.69) is 6.58 Å². The van der Waals surface area contributed by atoms with Gasteiger partial charge in [-0.15, -0.1) is 6.58 Å². The number of carboxylic acid groups (broad SMARTS) is 2. The molecule has 0 amide bonds. The number of hydrogen-bond donors (Lipinski definition) is 4. The van der Waals surface area contributed by atoms with Gasteiger partial charge in [0.05, 0.1) is 6.54 Å². The predicted molar refractivity (Wildman–Crippen MR) is 43.0 cm³/mol. The van der Waals surface area contributed by atoms with Gasteiger partial charge < -0.3 is 15.3 Å². The summed E-state index contributed by atoms with van der Waals surface area (Å²) in [4.78, 5) is 20.6. The van der Waals surface area contributed by atoms with Crippen molar-refractivity contribution >= 4 is 11.9 Å². The maximum absolute atomic E-state index is 10.5. The first kappa shape index (κ1) is 11.6. The molecule has 0 aliphatic rings. The minimum absolute atomic E-state index is 0.268. The Kier molecular flexibility index (Phi) is 4.09. The molecule has 0 saturated heterocycles. The molecule has 0 heterocycles. The molecule has 0 aromatic carbocycles. The second-order valence-electron chi connectivity index (χ2n) is 2.41. The third-order valence-corrected chi connectivity index (χ3v) is 1.33. The fraction of sp³-hybridized carbons (Fsp3) is 0.429. The molecule has 4 N–H and O–H groups in total. The summed E-state index contributed by atoms with van der Waals surface area (Å²) < 4.78 is 0. The van der Waals surface area contributed by atoms with Gasteiger partial charge in [-0.25, -0.2) is 4.79 Å². The van der Waals surface area contributed by atoms with Crippen molar-refractivity contribution in [1.82, 2.24) is 5.32 Å². The van der Waals surface area contributed by atoms with Crippen LogP contribution < -0.4 is 5.32 Å². The molecule has 1 atom stereocenters. The summed E-state index contributed by atoms with van der Waals surface area (Å²) in [6, 6.07) is 0. The Morgan fingerprint density at radius 1 is 1.46 bits per heavy atom. The van der Waals surface area contributed by atoms with Gasteiger partial charge in [-0.1, -0.05) is 6.08 Å². The van der Waals surface area contributed by atoms with E-state index in [1.54, 1.807) is 0 Å². The summed E-state index contributed by atoms with van der Waals surface area (Å²) >= 11 is 0. The van der Waals surface area contributed by atoms with Crippen LogP contribution >= 0.6 is 0 Å². The van der Waals surface area contributed by atoms with Crippen LogP contribution in [0.5, 0.6) is 0 Å². The number of aliphatic carboxylic acids is 2. The molecule has 0 fully saturated rings. The summed E-state index contributed by atoms with van der Waals surface area (Å²) in [7, 11) is 0. The van der Waals surface area contributed by atoms with Crippen LogP contribution in [0.1, 0.15) is 6.42 Å². The standard InChI is InChI=1S/C7H11NO5/c1-2-3-7(13,6(11)12)8-4-5(9)10/h2,8,13H,1,3-4H2,(H,9,10)(H,11,12). The normalized spacial score (nSPS) is 14.5. The number of hydrogen-bond acceptors (Lipinski definition) is 4. The second-order valence-corrected chi connectivity index (χ2v) is 2.41. The Balaban J connectivity index is 4.32. The van der Waals surface area contributed by atoms with Gasteiger partial charge in [-0.05, 0) is 0 Å². The molecule has 0 spiro atoms. The first-order valence-corrected chi connectivity index (χ1v) is 3.46.